The van der Waals surface area contributed by atoms with Crippen molar-refractivity contribution in [2.24, 2.45) is 0 Å². The number of benzene rings is 1. The third-order valence-corrected chi connectivity index (χ3v) is 5.67. The van der Waals surface area contributed by atoms with Crippen molar-refractivity contribution in [3.8, 4) is 5.75 Å². The Bertz CT molecular complexity index is 674. The van der Waals surface area contributed by atoms with E-state index in [2.05, 4.69) is 46.0 Å². The minimum atomic E-state index is 0.235. The van der Waals surface area contributed by atoms with Gasteiger partial charge in [-0.2, -0.15) is 0 Å². The van der Waals surface area contributed by atoms with Gasteiger partial charge < -0.3 is 9.84 Å². The van der Waals surface area contributed by atoms with Crippen LogP contribution in [0.3, 0.4) is 0 Å². The molecule has 1 aliphatic rings. The molecule has 2 heterocycles. The first-order valence-electron chi connectivity index (χ1n) is 9.21. The maximum atomic E-state index is 9.51. The normalized spacial score (nSPS) is 18.7. The summed E-state index contributed by atoms with van der Waals surface area (Å²) in [7, 11) is 0. The predicted molar refractivity (Wildman–Crippen MR) is 108 cm³/mol. The van der Waals surface area contributed by atoms with Crippen molar-refractivity contribution in [1.29, 1.82) is 0 Å². The van der Waals surface area contributed by atoms with Crippen LogP contribution in [0.4, 0.5) is 0 Å². The average Bonchev–Trinajstić information content (AvgIpc) is 3.16. The summed E-state index contributed by atoms with van der Waals surface area (Å²) >= 11 is 1.81. The zero-order valence-corrected chi connectivity index (χ0v) is 16.0. The SMILES string of the molecule is C=CCOc1ccccc1CN1CCN(Cc2cccs2)C(CCO)C1. The summed E-state index contributed by atoms with van der Waals surface area (Å²) in [6.07, 6.45) is 2.59. The molecule has 0 amide bonds. The lowest BCUT2D eigenvalue weighted by Crippen LogP contribution is -2.52. The molecule has 26 heavy (non-hydrogen) atoms. The van der Waals surface area contributed by atoms with E-state index in [1.807, 2.05) is 23.5 Å². The van der Waals surface area contributed by atoms with Crippen molar-refractivity contribution in [3.05, 3.63) is 64.9 Å². The monoisotopic (exact) mass is 372 g/mol. The molecular weight excluding hydrogens is 344 g/mol. The summed E-state index contributed by atoms with van der Waals surface area (Å²) in [5.41, 5.74) is 1.21. The molecule has 0 bridgehead atoms. The first-order valence-corrected chi connectivity index (χ1v) is 10.1. The van der Waals surface area contributed by atoms with Crippen LogP contribution in [0.15, 0.2) is 54.4 Å². The van der Waals surface area contributed by atoms with Gasteiger partial charge in [0.15, 0.2) is 0 Å². The van der Waals surface area contributed by atoms with Gasteiger partial charge in [0, 0.05) is 55.8 Å². The van der Waals surface area contributed by atoms with Crippen LogP contribution in [0.5, 0.6) is 5.75 Å². The van der Waals surface area contributed by atoms with Gasteiger partial charge in [-0.3, -0.25) is 9.80 Å². The van der Waals surface area contributed by atoms with Crippen molar-refractivity contribution < 1.29 is 9.84 Å². The first-order chi connectivity index (χ1) is 12.8. The number of hydrogen-bond donors (Lipinski definition) is 1. The fourth-order valence-corrected chi connectivity index (χ4v) is 4.23. The summed E-state index contributed by atoms with van der Waals surface area (Å²) < 4.78 is 5.80. The van der Waals surface area contributed by atoms with E-state index in [-0.39, 0.29) is 6.61 Å². The van der Waals surface area contributed by atoms with Gasteiger partial charge in [-0.25, -0.2) is 0 Å². The molecule has 1 atom stereocenters. The number of nitrogens with zero attached hydrogens (tertiary/aromatic N) is 2. The molecule has 0 saturated carbocycles. The van der Waals surface area contributed by atoms with E-state index in [0.29, 0.717) is 12.6 Å². The smallest absolute Gasteiger partial charge is 0.124 e. The molecular formula is C21H28N2O2S. The van der Waals surface area contributed by atoms with Crippen LogP contribution >= 0.6 is 11.3 Å². The topological polar surface area (TPSA) is 35.9 Å². The van der Waals surface area contributed by atoms with Crippen LogP contribution in [0, 0.1) is 0 Å². The lowest BCUT2D eigenvalue weighted by atomic mass is 10.1. The highest BCUT2D eigenvalue weighted by Gasteiger charge is 2.27. The maximum absolute atomic E-state index is 9.51. The summed E-state index contributed by atoms with van der Waals surface area (Å²) in [5, 5.41) is 11.6. The van der Waals surface area contributed by atoms with Gasteiger partial charge in [-0.05, 0) is 23.9 Å². The van der Waals surface area contributed by atoms with Crippen molar-refractivity contribution in [2.45, 2.75) is 25.6 Å². The molecule has 1 unspecified atom stereocenters. The van der Waals surface area contributed by atoms with E-state index >= 15 is 0 Å². The zero-order valence-electron chi connectivity index (χ0n) is 15.2. The molecule has 3 rings (SSSR count). The van der Waals surface area contributed by atoms with E-state index in [9.17, 15) is 5.11 Å². The Morgan fingerprint density at radius 2 is 2.08 bits per heavy atom. The maximum Gasteiger partial charge on any atom is 0.124 e. The van der Waals surface area contributed by atoms with Crippen LogP contribution < -0.4 is 4.74 Å². The fraction of sp³-hybridized carbons (Fsp3) is 0.429. The number of aliphatic hydroxyl groups excluding tert-OH is 1. The molecule has 140 valence electrons. The van der Waals surface area contributed by atoms with E-state index < -0.39 is 0 Å². The van der Waals surface area contributed by atoms with Crippen LogP contribution in [-0.2, 0) is 13.1 Å². The summed E-state index contributed by atoms with van der Waals surface area (Å²) in [6, 6.07) is 12.9. The van der Waals surface area contributed by atoms with Crippen molar-refractivity contribution >= 4 is 11.3 Å². The fourth-order valence-electron chi connectivity index (χ4n) is 3.50. The molecule has 0 radical (unpaired) electrons. The Balaban J connectivity index is 1.63. The highest BCUT2D eigenvalue weighted by Crippen LogP contribution is 2.24. The third-order valence-electron chi connectivity index (χ3n) is 4.81. The summed E-state index contributed by atoms with van der Waals surface area (Å²) in [5.74, 6) is 0.937. The molecule has 1 aromatic heterocycles. The van der Waals surface area contributed by atoms with Crippen molar-refractivity contribution in [3.63, 3.8) is 0 Å². The van der Waals surface area contributed by atoms with Gasteiger partial charge in [0.2, 0.25) is 0 Å². The zero-order chi connectivity index (χ0) is 18.2. The summed E-state index contributed by atoms with van der Waals surface area (Å²) in [6.45, 7) is 9.38. The Morgan fingerprint density at radius 3 is 2.85 bits per heavy atom. The van der Waals surface area contributed by atoms with Crippen LogP contribution in [0.25, 0.3) is 0 Å². The quantitative estimate of drug-likeness (QED) is 0.685. The van der Waals surface area contributed by atoms with E-state index in [0.717, 1.165) is 44.9 Å². The molecule has 5 heteroatoms. The Morgan fingerprint density at radius 1 is 1.19 bits per heavy atom. The van der Waals surface area contributed by atoms with Gasteiger partial charge in [-0.15, -0.1) is 11.3 Å². The van der Waals surface area contributed by atoms with Crippen molar-refractivity contribution in [2.75, 3.05) is 32.8 Å². The standard InChI is InChI=1S/C21H28N2O2S/c1-2-13-25-21-8-4-3-6-18(21)15-22-10-11-23(19(16-22)9-12-24)17-20-7-5-14-26-20/h2-8,14,19,24H,1,9-13,15-17H2. The Kier molecular flexibility index (Phi) is 7.26. The molecule has 0 aliphatic carbocycles. The number of hydrogen-bond acceptors (Lipinski definition) is 5. The second-order valence-electron chi connectivity index (χ2n) is 6.66. The molecule has 1 aromatic carbocycles. The molecule has 2 aromatic rings. The molecule has 1 saturated heterocycles. The first kappa shape index (κ1) is 19.1. The lowest BCUT2D eigenvalue weighted by molar-refractivity contribution is 0.0502. The van der Waals surface area contributed by atoms with Crippen LogP contribution in [-0.4, -0.2) is 53.8 Å². The Labute approximate surface area is 160 Å². The second kappa shape index (κ2) is 9.88. The number of piperazine rings is 1. The Hall–Kier alpha value is -1.66. The minimum Gasteiger partial charge on any atom is -0.489 e. The highest BCUT2D eigenvalue weighted by molar-refractivity contribution is 7.09. The van der Waals surface area contributed by atoms with E-state index in [1.165, 1.54) is 10.4 Å². The lowest BCUT2D eigenvalue weighted by Gasteiger charge is -2.41. The number of thiophene rings is 1. The number of rotatable bonds is 9. The van der Waals surface area contributed by atoms with Crippen molar-refractivity contribution in [1.82, 2.24) is 9.80 Å². The van der Waals surface area contributed by atoms with Crippen LogP contribution in [0.1, 0.15) is 16.9 Å². The highest BCUT2D eigenvalue weighted by atomic mass is 32.1. The van der Waals surface area contributed by atoms with Gasteiger partial charge in [-0.1, -0.05) is 36.9 Å². The number of aliphatic hydroxyl groups is 1. The predicted octanol–water partition coefficient (Wildman–Crippen LogP) is 3.38. The number of ether oxygens (including phenoxy) is 1. The second-order valence-corrected chi connectivity index (χ2v) is 7.69. The molecule has 0 spiro atoms. The number of para-hydroxylation sites is 1. The molecule has 4 nitrogen and oxygen atoms in total. The van der Waals surface area contributed by atoms with Crippen LogP contribution in [0.2, 0.25) is 0 Å². The molecule has 1 aliphatic heterocycles. The summed E-state index contributed by atoms with van der Waals surface area (Å²) in [4.78, 5) is 6.38. The largest absolute Gasteiger partial charge is 0.489 e. The average molecular weight is 373 g/mol. The van der Waals surface area contributed by atoms with E-state index in [4.69, 9.17) is 4.74 Å². The van der Waals surface area contributed by atoms with Gasteiger partial charge in [0.1, 0.15) is 12.4 Å². The molecule has 1 fully saturated rings. The third kappa shape index (κ3) is 5.17. The minimum absolute atomic E-state index is 0.235. The molecule has 1 N–H and O–H groups in total. The van der Waals surface area contributed by atoms with E-state index in [1.54, 1.807) is 6.08 Å². The van der Waals surface area contributed by atoms with Gasteiger partial charge in [0.25, 0.3) is 0 Å². The van der Waals surface area contributed by atoms with Gasteiger partial charge >= 0.3 is 0 Å². The van der Waals surface area contributed by atoms with Gasteiger partial charge in [0.05, 0.1) is 0 Å².